The van der Waals surface area contributed by atoms with E-state index in [4.69, 9.17) is 5.73 Å². The Morgan fingerprint density at radius 2 is 1.74 bits per heavy atom. The Kier molecular flexibility index (Phi) is 6.12. The van der Waals surface area contributed by atoms with Gasteiger partial charge in [-0.05, 0) is 52.1 Å². The Bertz CT molecular complexity index is 262. The van der Waals surface area contributed by atoms with E-state index in [1.807, 2.05) is 0 Å². The molecule has 0 radical (unpaired) electrons. The van der Waals surface area contributed by atoms with E-state index in [9.17, 15) is 13.2 Å². The first-order valence-electron chi connectivity index (χ1n) is 7.37. The van der Waals surface area contributed by atoms with Crippen molar-refractivity contribution in [1.82, 2.24) is 4.90 Å². The Morgan fingerprint density at radius 3 is 2.21 bits per heavy atom. The van der Waals surface area contributed by atoms with E-state index in [0.29, 0.717) is 6.42 Å². The van der Waals surface area contributed by atoms with E-state index in [1.54, 1.807) is 0 Å². The van der Waals surface area contributed by atoms with E-state index in [1.165, 1.54) is 19.3 Å². The number of likely N-dealkylation sites (tertiary alicyclic amines) is 1. The summed E-state index contributed by atoms with van der Waals surface area (Å²) in [6.07, 6.45) is 0.276. The first-order chi connectivity index (χ1) is 8.79. The molecule has 0 saturated carbocycles. The van der Waals surface area contributed by atoms with Gasteiger partial charge in [0.15, 0.2) is 0 Å². The average Bonchev–Trinajstić information content (AvgIpc) is 2.37. The van der Waals surface area contributed by atoms with Crippen LogP contribution in [0.5, 0.6) is 0 Å². The summed E-state index contributed by atoms with van der Waals surface area (Å²) < 4.78 is 36.6. The summed E-state index contributed by atoms with van der Waals surface area (Å²) in [4.78, 5) is 2.38. The zero-order valence-corrected chi connectivity index (χ0v) is 12.1. The average molecular weight is 280 g/mol. The number of piperidine rings is 1. The third kappa shape index (κ3) is 4.95. The van der Waals surface area contributed by atoms with Gasteiger partial charge in [-0.3, -0.25) is 4.90 Å². The Labute approximate surface area is 114 Å². The lowest BCUT2D eigenvalue weighted by Gasteiger charge is -2.47. The largest absolute Gasteiger partial charge is 0.389 e. The maximum Gasteiger partial charge on any atom is 0.389 e. The summed E-state index contributed by atoms with van der Waals surface area (Å²) in [5, 5.41) is 0. The van der Waals surface area contributed by atoms with Crippen LogP contribution in [-0.2, 0) is 0 Å². The lowest BCUT2D eigenvalue weighted by atomic mass is 9.83. The third-order valence-electron chi connectivity index (χ3n) is 4.57. The highest BCUT2D eigenvalue weighted by atomic mass is 19.4. The van der Waals surface area contributed by atoms with Crippen molar-refractivity contribution in [2.75, 3.05) is 13.1 Å². The van der Waals surface area contributed by atoms with E-state index in [-0.39, 0.29) is 18.0 Å². The molecule has 1 aliphatic heterocycles. The van der Waals surface area contributed by atoms with Crippen LogP contribution in [0.25, 0.3) is 0 Å². The number of alkyl halides is 3. The molecule has 0 aromatic rings. The van der Waals surface area contributed by atoms with Gasteiger partial charge in [0, 0.05) is 18.0 Å². The molecule has 0 aliphatic carbocycles. The standard InChI is InChI=1S/C14H27F3N2/c1-3-13(2,19-10-5-4-6-11-19)12(18)8-7-9-14(15,16)17/h12H,3-11,18H2,1-2H3. The number of nitrogens with two attached hydrogens (primary N) is 1. The first-order valence-corrected chi connectivity index (χ1v) is 7.37. The summed E-state index contributed by atoms with van der Waals surface area (Å²) >= 11 is 0. The topological polar surface area (TPSA) is 29.3 Å². The molecule has 1 fully saturated rings. The van der Waals surface area contributed by atoms with Crippen molar-refractivity contribution in [1.29, 1.82) is 0 Å². The van der Waals surface area contributed by atoms with Crippen molar-refractivity contribution in [2.45, 2.75) is 76.6 Å². The zero-order valence-electron chi connectivity index (χ0n) is 12.1. The molecule has 19 heavy (non-hydrogen) atoms. The van der Waals surface area contributed by atoms with Gasteiger partial charge in [-0.15, -0.1) is 0 Å². The predicted molar refractivity (Wildman–Crippen MR) is 72.0 cm³/mol. The minimum Gasteiger partial charge on any atom is -0.326 e. The molecule has 1 heterocycles. The fraction of sp³-hybridized carbons (Fsp3) is 1.00. The fourth-order valence-corrected chi connectivity index (χ4v) is 2.96. The zero-order chi connectivity index (χ0) is 14.5. The van der Waals surface area contributed by atoms with Gasteiger partial charge in [-0.25, -0.2) is 0 Å². The van der Waals surface area contributed by atoms with Gasteiger partial charge in [0.25, 0.3) is 0 Å². The lowest BCUT2D eigenvalue weighted by Crippen LogP contribution is -2.59. The predicted octanol–water partition coefficient (Wildman–Crippen LogP) is 3.70. The molecule has 2 atom stereocenters. The van der Waals surface area contributed by atoms with Crippen LogP contribution in [-0.4, -0.2) is 35.7 Å². The number of hydrogen-bond acceptors (Lipinski definition) is 2. The van der Waals surface area contributed by atoms with Crippen LogP contribution >= 0.6 is 0 Å². The molecule has 0 bridgehead atoms. The van der Waals surface area contributed by atoms with E-state index < -0.39 is 12.6 Å². The molecular weight excluding hydrogens is 253 g/mol. The van der Waals surface area contributed by atoms with Crippen LogP contribution in [0.3, 0.4) is 0 Å². The van der Waals surface area contributed by atoms with Crippen molar-refractivity contribution in [2.24, 2.45) is 5.73 Å². The molecule has 114 valence electrons. The molecule has 2 N–H and O–H groups in total. The summed E-state index contributed by atoms with van der Waals surface area (Å²) in [5.74, 6) is 0. The van der Waals surface area contributed by atoms with Crippen LogP contribution < -0.4 is 5.73 Å². The van der Waals surface area contributed by atoms with Gasteiger partial charge in [0.05, 0.1) is 0 Å². The van der Waals surface area contributed by atoms with Crippen molar-refractivity contribution in [3.63, 3.8) is 0 Å². The maximum absolute atomic E-state index is 12.2. The smallest absolute Gasteiger partial charge is 0.326 e. The first kappa shape index (κ1) is 16.8. The van der Waals surface area contributed by atoms with Crippen LogP contribution in [0.2, 0.25) is 0 Å². The van der Waals surface area contributed by atoms with Crippen LogP contribution in [0, 0.1) is 0 Å². The monoisotopic (exact) mass is 280 g/mol. The summed E-state index contributed by atoms with van der Waals surface area (Å²) in [5.41, 5.74) is 6.05. The highest BCUT2D eigenvalue weighted by Gasteiger charge is 2.37. The third-order valence-corrected chi connectivity index (χ3v) is 4.57. The fourth-order valence-electron chi connectivity index (χ4n) is 2.96. The normalized spacial score (nSPS) is 23.1. The van der Waals surface area contributed by atoms with Crippen LogP contribution in [0.4, 0.5) is 13.2 Å². The minimum absolute atomic E-state index is 0.133. The molecule has 0 aromatic heterocycles. The van der Waals surface area contributed by atoms with Gasteiger partial charge < -0.3 is 5.73 Å². The lowest BCUT2D eigenvalue weighted by molar-refractivity contribution is -0.136. The summed E-state index contributed by atoms with van der Waals surface area (Å²) in [7, 11) is 0. The van der Waals surface area contributed by atoms with Gasteiger partial charge in [-0.2, -0.15) is 13.2 Å². The number of halogens is 3. The Morgan fingerprint density at radius 1 is 1.16 bits per heavy atom. The van der Waals surface area contributed by atoms with Crippen LogP contribution in [0.1, 0.15) is 58.8 Å². The molecule has 0 amide bonds. The molecule has 2 unspecified atom stereocenters. The van der Waals surface area contributed by atoms with E-state index in [0.717, 1.165) is 19.5 Å². The highest BCUT2D eigenvalue weighted by Crippen LogP contribution is 2.30. The minimum atomic E-state index is -4.06. The summed E-state index contributed by atoms with van der Waals surface area (Å²) in [6, 6.07) is -0.182. The van der Waals surface area contributed by atoms with Crippen molar-refractivity contribution in [3.05, 3.63) is 0 Å². The van der Waals surface area contributed by atoms with Gasteiger partial charge in [0.2, 0.25) is 0 Å². The molecule has 1 aliphatic rings. The Hall–Kier alpha value is -0.290. The quantitative estimate of drug-likeness (QED) is 0.804. The van der Waals surface area contributed by atoms with Crippen molar-refractivity contribution < 1.29 is 13.2 Å². The molecule has 0 aromatic carbocycles. The number of hydrogen-bond donors (Lipinski definition) is 1. The second kappa shape index (κ2) is 6.93. The van der Waals surface area contributed by atoms with Crippen molar-refractivity contribution in [3.8, 4) is 0 Å². The van der Waals surface area contributed by atoms with Gasteiger partial charge in [-0.1, -0.05) is 13.3 Å². The van der Waals surface area contributed by atoms with Crippen LogP contribution in [0.15, 0.2) is 0 Å². The molecule has 0 spiro atoms. The molecule has 1 saturated heterocycles. The SMILES string of the molecule is CCC(C)(C(N)CCCC(F)(F)F)N1CCCCC1. The number of rotatable bonds is 6. The second-order valence-electron chi connectivity index (χ2n) is 5.87. The molecule has 1 rings (SSSR count). The van der Waals surface area contributed by atoms with E-state index >= 15 is 0 Å². The molecule has 2 nitrogen and oxygen atoms in total. The van der Waals surface area contributed by atoms with Gasteiger partial charge >= 0.3 is 6.18 Å². The molecule has 5 heteroatoms. The van der Waals surface area contributed by atoms with Gasteiger partial charge in [0.1, 0.15) is 0 Å². The number of nitrogens with zero attached hydrogens (tertiary/aromatic N) is 1. The molecular formula is C14H27F3N2. The van der Waals surface area contributed by atoms with Crippen molar-refractivity contribution >= 4 is 0 Å². The Balaban J connectivity index is 2.51. The highest BCUT2D eigenvalue weighted by molar-refractivity contribution is 4.95. The maximum atomic E-state index is 12.2. The van der Waals surface area contributed by atoms with E-state index in [2.05, 4.69) is 18.7 Å². The second-order valence-corrected chi connectivity index (χ2v) is 5.87. The summed E-state index contributed by atoms with van der Waals surface area (Å²) in [6.45, 7) is 6.24.